The number of carbonyl (C=O) groups is 2. The van der Waals surface area contributed by atoms with Crippen molar-refractivity contribution in [3.8, 4) is 6.07 Å². The highest BCUT2D eigenvalue weighted by molar-refractivity contribution is 9.10. The summed E-state index contributed by atoms with van der Waals surface area (Å²) >= 11 is 3.21. The fraction of sp³-hybridized carbons (Fsp3) is 0. The first-order valence-corrected chi connectivity index (χ1v) is 6.34. The van der Waals surface area contributed by atoms with Gasteiger partial charge in [0, 0.05) is 16.2 Å². The molecule has 2 rings (SSSR count). The van der Waals surface area contributed by atoms with Gasteiger partial charge in [-0.25, -0.2) is 0 Å². The molecule has 0 aliphatic rings. The van der Waals surface area contributed by atoms with Gasteiger partial charge in [0.05, 0.1) is 11.6 Å². The van der Waals surface area contributed by atoms with Crippen LogP contribution in [0, 0.1) is 11.3 Å². The second-order valence-corrected chi connectivity index (χ2v) is 4.74. The Bertz CT molecular complexity index is 685. The van der Waals surface area contributed by atoms with E-state index < -0.39 is 11.8 Å². The van der Waals surface area contributed by atoms with Gasteiger partial charge in [-0.15, -0.1) is 0 Å². The van der Waals surface area contributed by atoms with Gasteiger partial charge >= 0.3 is 0 Å². The predicted octanol–water partition coefficient (Wildman–Crippen LogP) is 1.72. The number of hydrazine groups is 1. The van der Waals surface area contributed by atoms with Crippen LogP contribution in [0.4, 0.5) is 0 Å². The lowest BCUT2D eigenvalue weighted by molar-refractivity contribution is 0.0844. The molecule has 0 saturated carbocycles. The van der Waals surface area contributed by atoms with Crippen LogP contribution in [0.25, 0.3) is 0 Å². The van der Waals surface area contributed by atoms with E-state index in [4.69, 9.17) is 5.26 Å². The van der Waals surface area contributed by atoms with E-state index in [0.717, 1.165) is 4.47 Å². The number of nitrogens with one attached hydrogen (secondary N) is 3. The zero-order valence-corrected chi connectivity index (χ0v) is 11.7. The Kier molecular flexibility index (Phi) is 4.17. The molecule has 0 radical (unpaired) electrons. The minimum atomic E-state index is -0.464. The highest BCUT2D eigenvalue weighted by Crippen LogP contribution is 2.10. The Morgan fingerprint density at radius 3 is 2.35 bits per heavy atom. The summed E-state index contributed by atoms with van der Waals surface area (Å²) in [6, 6.07) is 9.61. The largest absolute Gasteiger partial charge is 0.356 e. The number of amides is 2. The monoisotopic (exact) mass is 332 g/mol. The molecule has 1 aromatic carbocycles. The number of nitrogens with zero attached hydrogens (tertiary/aromatic N) is 1. The van der Waals surface area contributed by atoms with Crippen LogP contribution in [0.5, 0.6) is 0 Å². The summed E-state index contributed by atoms with van der Waals surface area (Å²) in [4.78, 5) is 26.2. The summed E-state index contributed by atoms with van der Waals surface area (Å²) in [6.07, 6.45) is 1.61. The van der Waals surface area contributed by atoms with Gasteiger partial charge in [0.15, 0.2) is 0 Å². The smallest absolute Gasteiger partial charge is 0.286 e. The molecule has 0 bridgehead atoms. The van der Waals surface area contributed by atoms with Gasteiger partial charge < -0.3 is 4.98 Å². The maximum Gasteiger partial charge on any atom is 0.286 e. The first-order chi connectivity index (χ1) is 9.60. The van der Waals surface area contributed by atoms with Crippen molar-refractivity contribution < 1.29 is 9.59 Å². The van der Waals surface area contributed by atoms with Crippen molar-refractivity contribution in [3.05, 3.63) is 57.8 Å². The van der Waals surface area contributed by atoms with Gasteiger partial charge in [0.2, 0.25) is 0 Å². The lowest BCUT2D eigenvalue weighted by atomic mass is 10.1. The summed E-state index contributed by atoms with van der Waals surface area (Å²) < 4.78 is 0.737. The summed E-state index contributed by atoms with van der Waals surface area (Å²) in [5.74, 6) is -0.925. The summed E-state index contributed by atoms with van der Waals surface area (Å²) in [6.45, 7) is 0. The molecule has 2 amide bonds. The number of carbonyl (C=O) groups excluding carboxylic acids is 2. The van der Waals surface area contributed by atoms with Crippen LogP contribution in [0.15, 0.2) is 41.0 Å². The van der Waals surface area contributed by atoms with Crippen molar-refractivity contribution >= 4 is 27.7 Å². The number of aromatic nitrogens is 1. The van der Waals surface area contributed by atoms with Crippen LogP contribution in [0.3, 0.4) is 0 Å². The van der Waals surface area contributed by atoms with Crippen LogP contribution in [-0.2, 0) is 0 Å². The van der Waals surface area contributed by atoms with Gasteiger partial charge in [-0.3, -0.25) is 20.4 Å². The second kappa shape index (κ2) is 6.04. The summed E-state index contributed by atoms with van der Waals surface area (Å²) in [7, 11) is 0. The highest BCUT2D eigenvalue weighted by Gasteiger charge is 2.10. The molecule has 0 unspecified atom stereocenters. The molecule has 0 aliphatic heterocycles. The van der Waals surface area contributed by atoms with Gasteiger partial charge in [0.25, 0.3) is 11.8 Å². The lowest BCUT2D eigenvalue weighted by Gasteiger charge is -2.06. The Morgan fingerprint density at radius 2 is 1.80 bits per heavy atom. The first-order valence-electron chi connectivity index (χ1n) is 5.55. The van der Waals surface area contributed by atoms with Crippen molar-refractivity contribution in [2.24, 2.45) is 0 Å². The van der Waals surface area contributed by atoms with E-state index in [0.29, 0.717) is 16.8 Å². The van der Waals surface area contributed by atoms with E-state index in [2.05, 4.69) is 31.8 Å². The van der Waals surface area contributed by atoms with Crippen molar-refractivity contribution in [1.29, 1.82) is 5.26 Å². The molecule has 3 N–H and O–H groups in total. The number of halogens is 1. The molecule has 1 heterocycles. The zero-order valence-electron chi connectivity index (χ0n) is 10.1. The third-order valence-electron chi connectivity index (χ3n) is 2.46. The third-order valence-corrected chi connectivity index (χ3v) is 2.92. The van der Waals surface area contributed by atoms with Gasteiger partial charge in [0.1, 0.15) is 5.69 Å². The maximum atomic E-state index is 11.8. The summed E-state index contributed by atoms with van der Waals surface area (Å²) in [5, 5.41) is 8.66. The number of benzene rings is 1. The molecule has 100 valence electrons. The Labute approximate surface area is 122 Å². The SMILES string of the molecule is N#Cc1ccc(C(=O)NNC(=O)c2cc(Br)c[nH]2)cc1. The van der Waals surface area contributed by atoms with Crippen molar-refractivity contribution in [2.75, 3.05) is 0 Å². The number of hydrogen-bond acceptors (Lipinski definition) is 3. The number of hydrogen-bond donors (Lipinski definition) is 3. The van der Waals surface area contributed by atoms with Gasteiger partial charge in [-0.05, 0) is 46.3 Å². The fourth-order valence-electron chi connectivity index (χ4n) is 1.45. The van der Waals surface area contributed by atoms with E-state index in [1.807, 2.05) is 6.07 Å². The Hall–Kier alpha value is -2.59. The van der Waals surface area contributed by atoms with E-state index >= 15 is 0 Å². The standard InChI is InChI=1S/C13H9BrN4O2/c14-10-5-11(16-7-10)13(20)18-17-12(19)9-3-1-8(6-15)2-4-9/h1-5,7,16H,(H,17,19)(H,18,20). The van der Waals surface area contributed by atoms with E-state index in [1.165, 1.54) is 24.3 Å². The van der Waals surface area contributed by atoms with Crippen LogP contribution in [0.1, 0.15) is 26.4 Å². The van der Waals surface area contributed by atoms with E-state index in [-0.39, 0.29) is 0 Å². The molecule has 0 aliphatic carbocycles. The second-order valence-electron chi connectivity index (χ2n) is 3.83. The molecule has 0 atom stereocenters. The Balaban J connectivity index is 1.95. The third kappa shape index (κ3) is 3.24. The molecular weight excluding hydrogens is 324 g/mol. The van der Waals surface area contributed by atoms with Crippen LogP contribution >= 0.6 is 15.9 Å². The normalized spacial score (nSPS) is 9.60. The number of nitriles is 1. The molecule has 6 nitrogen and oxygen atoms in total. The minimum absolute atomic E-state index is 0.317. The number of rotatable bonds is 2. The van der Waals surface area contributed by atoms with E-state index in [9.17, 15) is 9.59 Å². The predicted molar refractivity (Wildman–Crippen MR) is 74.6 cm³/mol. The average Bonchev–Trinajstić information content (AvgIpc) is 2.91. The average molecular weight is 333 g/mol. The van der Waals surface area contributed by atoms with Crippen LogP contribution in [0.2, 0.25) is 0 Å². The molecule has 7 heteroatoms. The highest BCUT2D eigenvalue weighted by atomic mass is 79.9. The van der Waals surface area contributed by atoms with Crippen LogP contribution < -0.4 is 10.9 Å². The molecule has 2 aromatic rings. The molecule has 0 saturated heterocycles. The molecular formula is C13H9BrN4O2. The molecule has 0 fully saturated rings. The summed E-state index contributed by atoms with van der Waals surface area (Å²) in [5.41, 5.74) is 5.69. The minimum Gasteiger partial charge on any atom is -0.356 e. The number of H-pyrrole nitrogens is 1. The van der Waals surface area contributed by atoms with Crippen molar-refractivity contribution in [3.63, 3.8) is 0 Å². The molecule has 0 spiro atoms. The quantitative estimate of drug-likeness (QED) is 0.730. The first kappa shape index (κ1) is 13.8. The lowest BCUT2D eigenvalue weighted by Crippen LogP contribution is -2.41. The van der Waals surface area contributed by atoms with Crippen LogP contribution in [-0.4, -0.2) is 16.8 Å². The topological polar surface area (TPSA) is 97.8 Å². The van der Waals surface area contributed by atoms with Gasteiger partial charge in [-0.2, -0.15) is 5.26 Å². The maximum absolute atomic E-state index is 11.8. The van der Waals surface area contributed by atoms with Crippen molar-refractivity contribution in [1.82, 2.24) is 15.8 Å². The fourth-order valence-corrected chi connectivity index (χ4v) is 1.79. The molecule has 1 aromatic heterocycles. The molecule has 20 heavy (non-hydrogen) atoms. The zero-order chi connectivity index (χ0) is 14.5. The Morgan fingerprint density at radius 1 is 1.15 bits per heavy atom. The number of aromatic amines is 1. The van der Waals surface area contributed by atoms with Gasteiger partial charge in [-0.1, -0.05) is 0 Å². The van der Waals surface area contributed by atoms with Crippen molar-refractivity contribution in [2.45, 2.75) is 0 Å². The van der Waals surface area contributed by atoms with E-state index in [1.54, 1.807) is 12.3 Å².